The monoisotopic (exact) mass is 294 g/mol. The maximum Gasteiger partial charge on any atom is 0.416 e. The summed E-state index contributed by atoms with van der Waals surface area (Å²) in [4.78, 5) is 13.5. The van der Waals surface area contributed by atoms with Gasteiger partial charge in [-0.2, -0.15) is 13.2 Å². The second-order valence-electron chi connectivity index (χ2n) is 4.38. The number of halogens is 4. The molecule has 7 heteroatoms. The molecule has 0 unspecified atom stereocenters. The standard InChI is InChI=1S/C12H13F3N2O.ClH/c13-12(14,15)9-3-1-2-8(6-9)11(18)17-5-4-10(16)7-17;/h1-3,6,10H,4-5,7,16H2;1H/t10-;/m1./s1. The molecular formula is C12H14ClF3N2O. The van der Waals surface area contributed by atoms with Crippen LogP contribution in [0.2, 0.25) is 0 Å². The van der Waals surface area contributed by atoms with Crippen LogP contribution in [0.3, 0.4) is 0 Å². The van der Waals surface area contributed by atoms with Crippen LogP contribution in [0.5, 0.6) is 0 Å². The zero-order valence-corrected chi connectivity index (χ0v) is 10.8. The van der Waals surface area contributed by atoms with Gasteiger partial charge in [-0.1, -0.05) is 6.07 Å². The molecule has 2 N–H and O–H groups in total. The van der Waals surface area contributed by atoms with E-state index in [0.29, 0.717) is 19.5 Å². The zero-order valence-electron chi connectivity index (χ0n) is 9.98. The summed E-state index contributed by atoms with van der Waals surface area (Å²) in [7, 11) is 0. The Morgan fingerprint density at radius 1 is 1.37 bits per heavy atom. The number of nitrogens with zero attached hydrogens (tertiary/aromatic N) is 1. The first-order chi connectivity index (χ1) is 8.38. The molecule has 0 radical (unpaired) electrons. The molecule has 1 saturated heterocycles. The van der Waals surface area contributed by atoms with Crippen LogP contribution >= 0.6 is 12.4 Å². The number of carbonyl (C=O) groups excluding carboxylic acids is 1. The topological polar surface area (TPSA) is 46.3 Å². The minimum atomic E-state index is -4.43. The molecule has 1 amide bonds. The van der Waals surface area contributed by atoms with Gasteiger partial charge in [0.05, 0.1) is 5.56 Å². The van der Waals surface area contributed by atoms with E-state index in [9.17, 15) is 18.0 Å². The van der Waals surface area contributed by atoms with Gasteiger partial charge in [0.1, 0.15) is 0 Å². The van der Waals surface area contributed by atoms with Gasteiger partial charge in [0, 0.05) is 24.7 Å². The maximum absolute atomic E-state index is 12.5. The van der Waals surface area contributed by atoms with Crippen LogP contribution < -0.4 is 5.73 Å². The Kier molecular flexibility index (Phi) is 4.81. The largest absolute Gasteiger partial charge is 0.416 e. The van der Waals surface area contributed by atoms with Crippen molar-refractivity contribution in [2.75, 3.05) is 13.1 Å². The summed E-state index contributed by atoms with van der Waals surface area (Å²) in [6, 6.07) is 4.38. The lowest BCUT2D eigenvalue weighted by molar-refractivity contribution is -0.137. The predicted octanol–water partition coefficient (Wildman–Crippen LogP) is 2.30. The maximum atomic E-state index is 12.5. The number of nitrogens with two attached hydrogens (primary N) is 1. The number of alkyl halides is 3. The summed E-state index contributed by atoms with van der Waals surface area (Å²) < 4.78 is 37.6. The van der Waals surface area contributed by atoms with Crippen LogP contribution in [0.4, 0.5) is 13.2 Å². The Morgan fingerprint density at radius 3 is 2.58 bits per heavy atom. The SMILES string of the molecule is Cl.N[C@@H]1CCN(C(=O)c2cccc(C(F)(F)F)c2)C1. The van der Waals surface area contributed by atoms with Crippen molar-refractivity contribution >= 4 is 18.3 Å². The van der Waals surface area contributed by atoms with Gasteiger partial charge in [0.25, 0.3) is 5.91 Å². The summed E-state index contributed by atoms with van der Waals surface area (Å²) in [6.45, 7) is 0.894. The number of carbonyl (C=O) groups is 1. The quantitative estimate of drug-likeness (QED) is 0.864. The molecule has 1 aliphatic heterocycles. The molecule has 1 aromatic carbocycles. The number of likely N-dealkylation sites (tertiary alicyclic amines) is 1. The molecule has 1 aliphatic rings. The van der Waals surface area contributed by atoms with E-state index >= 15 is 0 Å². The van der Waals surface area contributed by atoms with Crippen LogP contribution in [0, 0.1) is 0 Å². The Bertz CT molecular complexity index is 465. The molecule has 1 heterocycles. The number of hydrogen-bond donors (Lipinski definition) is 1. The summed E-state index contributed by atoms with van der Waals surface area (Å²) >= 11 is 0. The molecule has 19 heavy (non-hydrogen) atoms. The van der Waals surface area contributed by atoms with E-state index in [-0.39, 0.29) is 24.0 Å². The first-order valence-corrected chi connectivity index (χ1v) is 5.60. The molecule has 3 nitrogen and oxygen atoms in total. The summed E-state index contributed by atoms with van der Waals surface area (Å²) in [6.07, 6.45) is -3.75. The first kappa shape index (κ1) is 15.8. The highest BCUT2D eigenvalue weighted by Gasteiger charge is 2.32. The van der Waals surface area contributed by atoms with E-state index in [4.69, 9.17) is 5.73 Å². The molecule has 0 spiro atoms. The molecule has 106 valence electrons. The third-order valence-electron chi connectivity index (χ3n) is 2.95. The smallest absolute Gasteiger partial charge is 0.337 e. The third-order valence-corrected chi connectivity index (χ3v) is 2.95. The highest BCUT2D eigenvalue weighted by molar-refractivity contribution is 5.94. The van der Waals surface area contributed by atoms with Crippen molar-refractivity contribution in [1.29, 1.82) is 0 Å². The van der Waals surface area contributed by atoms with E-state index in [1.807, 2.05) is 0 Å². The molecular weight excluding hydrogens is 281 g/mol. The molecule has 0 saturated carbocycles. The van der Waals surface area contributed by atoms with Gasteiger partial charge in [-0.3, -0.25) is 4.79 Å². The molecule has 0 aromatic heterocycles. The van der Waals surface area contributed by atoms with Crippen molar-refractivity contribution in [1.82, 2.24) is 4.90 Å². The Hall–Kier alpha value is -1.27. The van der Waals surface area contributed by atoms with Gasteiger partial charge < -0.3 is 10.6 Å². The average molecular weight is 295 g/mol. The minimum Gasteiger partial charge on any atom is -0.337 e. The van der Waals surface area contributed by atoms with Crippen molar-refractivity contribution in [3.8, 4) is 0 Å². The number of rotatable bonds is 1. The number of hydrogen-bond acceptors (Lipinski definition) is 2. The molecule has 1 aromatic rings. The third kappa shape index (κ3) is 3.61. The molecule has 1 atom stereocenters. The van der Waals surface area contributed by atoms with Crippen molar-refractivity contribution in [3.05, 3.63) is 35.4 Å². The van der Waals surface area contributed by atoms with Gasteiger partial charge in [-0.25, -0.2) is 0 Å². The van der Waals surface area contributed by atoms with E-state index in [2.05, 4.69) is 0 Å². The lowest BCUT2D eigenvalue weighted by atomic mass is 10.1. The lowest BCUT2D eigenvalue weighted by Gasteiger charge is -2.16. The van der Waals surface area contributed by atoms with Crippen LogP contribution in [-0.4, -0.2) is 29.9 Å². The van der Waals surface area contributed by atoms with Gasteiger partial charge in [0.2, 0.25) is 0 Å². The normalized spacial score (nSPS) is 19.2. The van der Waals surface area contributed by atoms with Crippen molar-refractivity contribution < 1.29 is 18.0 Å². The highest BCUT2D eigenvalue weighted by Crippen LogP contribution is 2.29. The molecule has 0 aliphatic carbocycles. The summed E-state index contributed by atoms with van der Waals surface area (Å²) in [5.74, 6) is -0.394. The zero-order chi connectivity index (χ0) is 13.3. The fourth-order valence-electron chi connectivity index (χ4n) is 1.98. The van der Waals surface area contributed by atoms with Crippen LogP contribution in [0.25, 0.3) is 0 Å². The van der Waals surface area contributed by atoms with Gasteiger partial charge in [-0.05, 0) is 24.6 Å². The fourth-order valence-corrected chi connectivity index (χ4v) is 1.98. The molecule has 2 rings (SSSR count). The first-order valence-electron chi connectivity index (χ1n) is 5.60. The van der Waals surface area contributed by atoms with Crippen molar-refractivity contribution in [2.45, 2.75) is 18.6 Å². The van der Waals surface area contributed by atoms with Crippen LogP contribution in [-0.2, 0) is 6.18 Å². The predicted molar refractivity (Wildman–Crippen MR) is 67.2 cm³/mol. The Labute approximate surface area is 115 Å². The van der Waals surface area contributed by atoms with E-state index in [1.165, 1.54) is 17.0 Å². The van der Waals surface area contributed by atoms with Gasteiger partial charge in [0.15, 0.2) is 0 Å². The average Bonchev–Trinajstić information content (AvgIpc) is 2.74. The summed E-state index contributed by atoms with van der Waals surface area (Å²) in [5.41, 5.74) is 4.91. The lowest BCUT2D eigenvalue weighted by Crippen LogP contribution is -2.32. The van der Waals surface area contributed by atoms with Gasteiger partial charge >= 0.3 is 6.18 Å². The van der Waals surface area contributed by atoms with Crippen molar-refractivity contribution in [2.24, 2.45) is 5.73 Å². The highest BCUT2D eigenvalue weighted by atomic mass is 35.5. The van der Waals surface area contributed by atoms with Gasteiger partial charge in [-0.15, -0.1) is 12.4 Å². The van der Waals surface area contributed by atoms with E-state index in [1.54, 1.807) is 0 Å². The Balaban J connectivity index is 0.00000180. The second-order valence-corrected chi connectivity index (χ2v) is 4.38. The van der Waals surface area contributed by atoms with E-state index in [0.717, 1.165) is 12.1 Å². The molecule has 0 bridgehead atoms. The number of benzene rings is 1. The van der Waals surface area contributed by atoms with E-state index < -0.39 is 17.6 Å². The fraction of sp³-hybridized carbons (Fsp3) is 0.417. The van der Waals surface area contributed by atoms with Crippen LogP contribution in [0.15, 0.2) is 24.3 Å². The summed E-state index contributed by atoms with van der Waals surface area (Å²) in [5, 5.41) is 0. The number of amides is 1. The Morgan fingerprint density at radius 2 is 2.05 bits per heavy atom. The van der Waals surface area contributed by atoms with Crippen molar-refractivity contribution in [3.63, 3.8) is 0 Å². The van der Waals surface area contributed by atoms with Crippen LogP contribution in [0.1, 0.15) is 22.3 Å². The molecule has 1 fully saturated rings. The second kappa shape index (κ2) is 5.79. The minimum absolute atomic E-state index is 0.